The summed E-state index contributed by atoms with van der Waals surface area (Å²) in [6.07, 6.45) is 5.91. The van der Waals surface area contributed by atoms with Crippen LogP contribution in [0.4, 0.5) is 0 Å². The second-order valence-corrected chi connectivity index (χ2v) is 6.89. The van der Waals surface area contributed by atoms with Gasteiger partial charge in [-0.3, -0.25) is 0 Å². The first-order valence-corrected chi connectivity index (χ1v) is 7.95. The second kappa shape index (κ2) is 7.87. The van der Waals surface area contributed by atoms with Gasteiger partial charge in [0.1, 0.15) is 0 Å². The fourth-order valence-electron chi connectivity index (χ4n) is 2.40. The average molecular weight is 280 g/mol. The van der Waals surface area contributed by atoms with Gasteiger partial charge in [0.15, 0.2) is 0 Å². The number of rotatable bonds is 9. The van der Waals surface area contributed by atoms with Gasteiger partial charge in [-0.05, 0) is 18.9 Å². The van der Waals surface area contributed by atoms with Crippen LogP contribution in [0.25, 0.3) is 0 Å². The van der Waals surface area contributed by atoms with Crippen LogP contribution < -0.4 is 0 Å². The summed E-state index contributed by atoms with van der Waals surface area (Å²) in [5.74, 6) is 2.18. The molecule has 1 fully saturated rings. The van der Waals surface area contributed by atoms with Crippen molar-refractivity contribution in [2.75, 3.05) is 19.8 Å². The van der Waals surface area contributed by atoms with Gasteiger partial charge in [-0.1, -0.05) is 59.1 Å². The molecule has 116 valence electrons. The third kappa shape index (κ3) is 5.32. The van der Waals surface area contributed by atoms with Crippen LogP contribution in [0, 0.1) is 17.3 Å². The number of hydrogen-bond donors (Lipinski definition) is 0. The zero-order chi connectivity index (χ0) is 15.2. The Morgan fingerprint density at radius 1 is 1.40 bits per heavy atom. The van der Waals surface area contributed by atoms with Crippen LogP contribution in [-0.2, 0) is 9.47 Å². The summed E-state index contributed by atoms with van der Waals surface area (Å²) in [7, 11) is 0. The third-order valence-corrected chi connectivity index (χ3v) is 4.19. The van der Waals surface area contributed by atoms with E-state index in [2.05, 4.69) is 40.3 Å². The summed E-state index contributed by atoms with van der Waals surface area (Å²) in [6.45, 7) is 17.5. The van der Waals surface area contributed by atoms with Gasteiger partial charge < -0.3 is 9.47 Å². The van der Waals surface area contributed by atoms with Gasteiger partial charge >= 0.3 is 0 Å². The Labute approximate surface area is 125 Å². The van der Waals surface area contributed by atoms with Crippen LogP contribution >= 0.6 is 0 Å². The maximum Gasteiger partial charge on any atom is 0.0993 e. The molecular formula is C18H32O2. The quantitative estimate of drug-likeness (QED) is 0.439. The van der Waals surface area contributed by atoms with Crippen molar-refractivity contribution in [1.29, 1.82) is 0 Å². The van der Waals surface area contributed by atoms with E-state index in [1.165, 1.54) is 19.3 Å². The van der Waals surface area contributed by atoms with E-state index >= 15 is 0 Å². The van der Waals surface area contributed by atoms with Gasteiger partial charge in [0.05, 0.1) is 25.6 Å². The second-order valence-electron chi connectivity index (χ2n) is 6.89. The fourth-order valence-corrected chi connectivity index (χ4v) is 2.40. The van der Waals surface area contributed by atoms with Gasteiger partial charge in [0, 0.05) is 11.3 Å². The lowest BCUT2D eigenvalue weighted by Crippen LogP contribution is -2.43. The predicted molar refractivity (Wildman–Crippen MR) is 85.6 cm³/mol. The fraction of sp³-hybridized carbons (Fsp3) is 0.778. The van der Waals surface area contributed by atoms with Crippen LogP contribution in [0.15, 0.2) is 24.0 Å². The van der Waals surface area contributed by atoms with E-state index in [0.29, 0.717) is 11.8 Å². The monoisotopic (exact) mass is 280 g/mol. The van der Waals surface area contributed by atoms with Crippen molar-refractivity contribution in [3.63, 3.8) is 0 Å². The van der Waals surface area contributed by atoms with Crippen molar-refractivity contribution in [1.82, 2.24) is 0 Å². The minimum Gasteiger partial charge on any atom is -0.497 e. The molecule has 0 radical (unpaired) electrons. The Bertz CT molecular complexity index is 339. The molecule has 0 aliphatic carbocycles. The highest BCUT2D eigenvalue weighted by molar-refractivity contribution is 5.17. The highest BCUT2D eigenvalue weighted by atomic mass is 16.5. The van der Waals surface area contributed by atoms with Gasteiger partial charge in [0.25, 0.3) is 0 Å². The maximum absolute atomic E-state index is 6.14. The molecule has 0 N–H and O–H groups in total. The average Bonchev–Trinajstić information content (AvgIpc) is 2.37. The predicted octanol–water partition coefficient (Wildman–Crippen LogP) is 4.96. The van der Waals surface area contributed by atoms with E-state index in [1.807, 2.05) is 6.92 Å². The highest BCUT2D eigenvalue weighted by Gasteiger charge is 2.35. The molecular weight excluding hydrogens is 248 g/mol. The Morgan fingerprint density at radius 3 is 2.50 bits per heavy atom. The SMILES string of the molecule is C=C(C)/C=C(/OCC1(C)COC1)C(C)C(C)CCCC. The largest absolute Gasteiger partial charge is 0.497 e. The highest BCUT2D eigenvalue weighted by Crippen LogP contribution is 2.31. The van der Waals surface area contributed by atoms with E-state index in [0.717, 1.165) is 31.2 Å². The summed E-state index contributed by atoms with van der Waals surface area (Å²) in [6, 6.07) is 0. The number of hydrogen-bond acceptors (Lipinski definition) is 2. The van der Waals surface area contributed by atoms with Gasteiger partial charge in [0.2, 0.25) is 0 Å². The minimum absolute atomic E-state index is 0.195. The molecule has 0 aromatic carbocycles. The lowest BCUT2D eigenvalue weighted by Gasteiger charge is -2.38. The first-order valence-electron chi connectivity index (χ1n) is 7.95. The van der Waals surface area contributed by atoms with Crippen molar-refractivity contribution in [3.05, 3.63) is 24.0 Å². The summed E-state index contributed by atoms with van der Waals surface area (Å²) < 4.78 is 11.4. The Balaban J connectivity index is 2.60. The summed E-state index contributed by atoms with van der Waals surface area (Å²) in [4.78, 5) is 0. The Kier molecular flexibility index (Phi) is 6.81. The molecule has 1 aliphatic rings. The molecule has 0 bridgehead atoms. The van der Waals surface area contributed by atoms with Crippen LogP contribution in [0.5, 0.6) is 0 Å². The number of ether oxygens (including phenoxy) is 2. The molecule has 1 aliphatic heterocycles. The molecule has 2 heteroatoms. The first kappa shape index (κ1) is 17.3. The van der Waals surface area contributed by atoms with Crippen molar-refractivity contribution in [3.8, 4) is 0 Å². The normalized spacial score (nSPS) is 20.9. The maximum atomic E-state index is 6.14. The smallest absolute Gasteiger partial charge is 0.0993 e. The molecule has 2 atom stereocenters. The molecule has 1 heterocycles. The number of unbranched alkanes of at least 4 members (excludes halogenated alkanes) is 1. The Morgan fingerprint density at radius 2 is 2.05 bits per heavy atom. The summed E-state index contributed by atoms with van der Waals surface area (Å²) in [5.41, 5.74) is 1.25. The third-order valence-electron chi connectivity index (χ3n) is 4.19. The topological polar surface area (TPSA) is 18.5 Å². The van der Waals surface area contributed by atoms with Gasteiger partial charge in [-0.15, -0.1) is 0 Å². The molecule has 0 amide bonds. The van der Waals surface area contributed by atoms with Crippen LogP contribution in [0.1, 0.15) is 53.9 Å². The molecule has 2 unspecified atom stereocenters. The van der Waals surface area contributed by atoms with E-state index in [-0.39, 0.29) is 5.41 Å². The first-order chi connectivity index (χ1) is 9.38. The standard InChI is InChI=1S/C18H32O2/c1-7-8-9-15(4)16(5)17(10-14(2)3)20-13-18(6)11-19-12-18/h10,15-16H,2,7-9,11-13H2,1,3-6H3/b17-10+. The van der Waals surface area contributed by atoms with E-state index < -0.39 is 0 Å². The summed E-state index contributed by atoms with van der Waals surface area (Å²) in [5, 5.41) is 0. The van der Waals surface area contributed by atoms with Crippen molar-refractivity contribution in [2.24, 2.45) is 17.3 Å². The lowest BCUT2D eigenvalue weighted by atomic mass is 9.87. The molecule has 0 aromatic rings. The van der Waals surface area contributed by atoms with Crippen molar-refractivity contribution in [2.45, 2.75) is 53.9 Å². The summed E-state index contributed by atoms with van der Waals surface area (Å²) >= 11 is 0. The Hall–Kier alpha value is -0.760. The van der Waals surface area contributed by atoms with Crippen molar-refractivity contribution >= 4 is 0 Å². The number of allylic oxidation sites excluding steroid dienone is 3. The van der Waals surface area contributed by atoms with Crippen LogP contribution in [0.3, 0.4) is 0 Å². The van der Waals surface area contributed by atoms with Crippen molar-refractivity contribution < 1.29 is 9.47 Å². The molecule has 0 spiro atoms. The van der Waals surface area contributed by atoms with Gasteiger partial charge in [-0.2, -0.15) is 0 Å². The van der Waals surface area contributed by atoms with Crippen LogP contribution in [-0.4, -0.2) is 19.8 Å². The zero-order valence-corrected chi connectivity index (χ0v) is 14.0. The molecule has 0 saturated carbocycles. The molecule has 2 nitrogen and oxygen atoms in total. The van der Waals surface area contributed by atoms with E-state index in [9.17, 15) is 0 Å². The van der Waals surface area contributed by atoms with Gasteiger partial charge in [-0.25, -0.2) is 0 Å². The molecule has 1 saturated heterocycles. The lowest BCUT2D eigenvalue weighted by molar-refractivity contribution is -0.131. The minimum atomic E-state index is 0.195. The zero-order valence-electron chi connectivity index (χ0n) is 14.0. The van der Waals surface area contributed by atoms with Crippen LogP contribution in [0.2, 0.25) is 0 Å². The molecule has 0 aromatic heterocycles. The molecule has 20 heavy (non-hydrogen) atoms. The van der Waals surface area contributed by atoms with E-state index in [4.69, 9.17) is 9.47 Å². The van der Waals surface area contributed by atoms with E-state index in [1.54, 1.807) is 0 Å². The molecule has 1 rings (SSSR count).